The molecule has 3 unspecified atom stereocenters. The molecule has 0 aliphatic carbocycles. The molecule has 0 saturated carbocycles. The lowest BCUT2D eigenvalue weighted by atomic mass is 9.75. The standard InChI is InChI=1S/C13H16N2O2/c16-13(17)12-8-3-1-2-4-10(8)15-11-5-6-14-7-9(11)12/h1-4,9,11-12,14-15H,5-7H2,(H,16,17). The maximum absolute atomic E-state index is 11.5. The quantitative estimate of drug-likeness (QED) is 0.682. The third kappa shape index (κ3) is 1.69. The molecule has 0 aromatic heterocycles. The second-order valence-corrected chi connectivity index (χ2v) is 4.81. The summed E-state index contributed by atoms with van der Waals surface area (Å²) in [5.74, 6) is -0.945. The highest BCUT2D eigenvalue weighted by Gasteiger charge is 2.41. The van der Waals surface area contributed by atoms with E-state index in [0.29, 0.717) is 0 Å². The summed E-state index contributed by atoms with van der Waals surface area (Å²) in [6.07, 6.45) is 0.989. The van der Waals surface area contributed by atoms with Gasteiger partial charge >= 0.3 is 5.97 Å². The molecule has 0 radical (unpaired) electrons. The fourth-order valence-corrected chi connectivity index (χ4v) is 3.06. The van der Waals surface area contributed by atoms with Gasteiger partial charge in [-0.3, -0.25) is 4.79 Å². The molecule has 2 heterocycles. The molecule has 1 aromatic carbocycles. The molecule has 3 atom stereocenters. The van der Waals surface area contributed by atoms with E-state index < -0.39 is 5.97 Å². The number of hydrogen-bond donors (Lipinski definition) is 3. The first-order valence-corrected chi connectivity index (χ1v) is 6.06. The Labute approximate surface area is 100 Å². The lowest BCUT2D eigenvalue weighted by molar-refractivity contribution is -0.140. The number of carbonyl (C=O) groups is 1. The number of aliphatic carboxylic acids is 1. The maximum Gasteiger partial charge on any atom is 0.311 e. The molecule has 4 heteroatoms. The van der Waals surface area contributed by atoms with Crippen molar-refractivity contribution in [3.05, 3.63) is 29.8 Å². The Morgan fingerprint density at radius 2 is 2.18 bits per heavy atom. The largest absolute Gasteiger partial charge is 0.481 e. The van der Waals surface area contributed by atoms with Gasteiger partial charge in [-0.05, 0) is 24.6 Å². The topological polar surface area (TPSA) is 61.4 Å². The van der Waals surface area contributed by atoms with Gasteiger partial charge in [0.25, 0.3) is 0 Å². The maximum atomic E-state index is 11.5. The summed E-state index contributed by atoms with van der Waals surface area (Å²) in [5, 5.41) is 16.2. The number of hydrogen-bond acceptors (Lipinski definition) is 3. The van der Waals surface area contributed by atoms with E-state index in [1.54, 1.807) is 0 Å². The molecule has 0 bridgehead atoms. The Morgan fingerprint density at radius 1 is 1.35 bits per heavy atom. The lowest BCUT2D eigenvalue weighted by Gasteiger charge is -2.41. The number of benzene rings is 1. The first-order valence-electron chi connectivity index (χ1n) is 6.06. The van der Waals surface area contributed by atoms with Gasteiger partial charge in [-0.2, -0.15) is 0 Å². The summed E-state index contributed by atoms with van der Waals surface area (Å²) in [6.45, 7) is 1.74. The molecule has 2 aliphatic heterocycles. The van der Waals surface area contributed by atoms with Crippen molar-refractivity contribution < 1.29 is 9.90 Å². The van der Waals surface area contributed by atoms with Gasteiger partial charge in [-0.25, -0.2) is 0 Å². The summed E-state index contributed by atoms with van der Waals surface area (Å²) < 4.78 is 0. The number of fused-ring (bicyclic) bond motifs is 2. The molecule has 0 amide bonds. The SMILES string of the molecule is O=C(O)C1c2ccccc2NC2CCNCC21. The van der Waals surface area contributed by atoms with Crippen LogP contribution in [-0.4, -0.2) is 30.2 Å². The molecule has 2 aliphatic rings. The molecule has 17 heavy (non-hydrogen) atoms. The lowest BCUT2D eigenvalue weighted by Crippen LogP contribution is -2.50. The van der Waals surface area contributed by atoms with E-state index in [-0.39, 0.29) is 17.9 Å². The van der Waals surface area contributed by atoms with Crippen LogP contribution in [0.5, 0.6) is 0 Å². The van der Waals surface area contributed by atoms with Crippen molar-refractivity contribution in [1.29, 1.82) is 0 Å². The highest BCUT2D eigenvalue weighted by atomic mass is 16.4. The van der Waals surface area contributed by atoms with Crippen LogP contribution in [0.1, 0.15) is 17.9 Å². The number of carboxylic acids is 1. The monoisotopic (exact) mass is 232 g/mol. The Kier molecular flexibility index (Phi) is 2.52. The molecule has 1 saturated heterocycles. The number of piperidine rings is 1. The van der Waals surface area contributed by atoms with Gasteiger partial charge in [0.05, 0.1) is 5.92 Å². The molecule has 0 spiro atoms. The zero-order valence-electron chi connectivity index (χ0n) is 9.52. The van der Waals surface area contributed by atoms with Crippen molar-refractivity contribution in [2.45, 2.75) is 18.4 Å². The van der Waals surface area contributed by atoms with Crippen molar-refractivity contribution in [3.8, 4) is 0 Å². The molecule has 4 nitrogen and oxygen atoms in total. The van der Waals surface area contributed by atoms with E-state index in [1.807, 2.05) is 24.3 Å². The summed E-state index contributed by atoms with van der Waals surface area (Å²) >= 11 is 0. The molecular formula is C13H16N2O2. The van der Waals surface area contributed by atoms with Crippen molar-refractivity contribution in [2.24, 2.45) is 5.92 Å². The van der Waals surface area contributed by atoms with E-state index >= 15 is 0 Å². The minimum absolute atomic E-state index is 0.149. The fourth-order valence-electron chi connectivity index (χ4n) is 3.06. The predicted octanol–water partition coefficient (Wildman–Crippen LogP) is 1.26. The van der Waals surface area contributed by atoms with Crippen LogP contribution in [0.3, 0.4) is 0 Å². The van der Waals surface area contributed by atoms with E-state index in [0.717, 1.165) is 30.8 Å². The number of para-hydroxylation sites is 1. The van der Waals surface area contributed by atoms with Crippen LogP contribution < -0.4 is 10.6 Å². The van der Waals surface area contributed by atoms with Crippen LogP contribution in [0.2, 0.25) is 0 Å². The van der Waals surface area contributed by atoms with Gasteiger partial charge in [-0.1, -0.05) is 18.2 Å². The predicted molar refractivity (Wildman–Crippen MR) is 65.2 cm³/mol. The van der Waals surface area contributed by atoms with Gasteiger partial charge in [0.2, 0.25) is 0 Å². The average Bonchev–Trinajstić information content (AvgIpc) is 2.35. The van der Waals surface area contributed by atoms with Crippen LogP contribution in [0, 0.1) is 5.92 Å². The molecule has 1 fully saturated rings. The number of nitrogens with one attached hydrogen (secondary N) is 2. The molecule has 90 valence electrons. The Hall–Kier alpha value is -1.55. The van der Waals surface area contributed by atoms with Gasteiger partial charge in [0, 0.05) is 24.2 Å². The summed E-state index contributed by atoms with van der Waals surface area (Å²) in [7, 11) is 0. The van der Waals surface area contributed by atoms with Gasteiger partial charge in [0.1, 0.15) is 0 Å². The Bertz CT molecular complexity index is 447. The number of rotatable bonds is 1. The van der Waals surface area contributed by atoms with E-state index in [2.05, 4.69) is 10.6 Å². The fraction of sp³-hybridized carbons (Fsp3) is 0.462. The second-order valence-electron chi connectivity index (χ2n) is 4.81. The Morgan fingerprint density at radius 3 is 3.00 bits per heavy atom. The van der Waals surface area contributed by atoms with Gasteiger partial charge in [-0.15, -0.1) is 0 Å². The van der Waals surface area contributed by atoms with Crippen LogP contribution in [0.15, 0.2) is 24.3 Å². The highest BCUT2D eigenvalue weighted by Crippen LogP contribution is 2.40. The summed E-state index contributed by atoms with van der Waals surface area (Å²) in [5.41, 5.74) is 1.91. The number of anilines is 1. The zero-order valence-corrected chi connectivity index (χ0v) is 9.52. The third-order valence-corrected chi connectivity index (χ3v) is 3.86. The summed E-state index contributed by atoms with van der Waals surface area (Å²) in [6, 6.07) is 8.04. The van der Waals surface area contributed by atoms with Crippen molar-refractivity contribution in [1.82, 2.24) is 5.32 Å². The van der Waals surface area contributed by atoms with Crippen molar-refractivity contribution in [2.75, 3.05) is 18.4 Å². The van der Waals surface area contributed by atoms with Crippen molar-refractivity contribution in [3.63, 3.8) is 0 Å². The Balaban J connectivity index is 2.05. The normalized spacial score (nSPS) is 30.9. The van der Waals surface area contributed by atoms with E-state index in [1.165, 1.54) is 0 Å². The van der Waals surface area contributed by atoms with Crippen molar-refractivity contribution >= 4 is 11.7 Å². The highest BCUT2D eigenvalue weighted by molar-refractivity contribution is 5.81. The van der Waals surface area contributed by atoms with Crippen LogP contribution in [-0.2, 0) is 4.79 Å². The minimum atomic E-state index is -0.711. The molecule has 3 N–H and O–H groups in total. The van der Waals surface area contributed by atoms with Crippen LogP contribution in [0.4, 0.5) is 5.69 Å². The average molecular weight is 232 g/mol. The molecule has 1 aromatic rings. The zero-order chi connectivity index (χ0) is 11.8. The minimum Gasteiger partial charge on any atom is -0.481 e. The summed E-state index contributed by atoms with van der Waals surface area (Å²) in [4.78, 5) is 11.5. The van der Waals surface area contributed by atoms with Gasteiger partial charge in [0.15, 0.2) is 0 Å². The first-order chi connectivity index (χ1) is 8.27. The van der Waals surface area contributed by atoms with Crippen LogP contribution in [0.25, 0.3) is 0 Å². The van der Waals surface area contributed by atoms with E-state index in [4.69, 9.17) is 0 Å². The smallest absolute Gasteiger partial charge is 0.311 e. The second kappa shape index (κ2) is 4.04. The van der Waals surface area contributed by atoms with Gasteiger partial charge < -0.3 is 15.7 Å². The number of carboxylic acid groups (broad SMARTS) is 1. The van der Waals surface area contributed by atoms with Crippen LogP contribution >= 0.6 is 0 Å². The molecule has 3 rings (SSSR count). The third-order valence-electron chi connectivity index (χ3n) is 3.86. The van der Waals surface area contributed by atoms with E-state index in [9.17, 15) is 9.90 Å². The first kappa shape index (κ1) is 10.6. The molecular weight excluding hydrogens is 216 g/mol.